The van der Waals surface area contributed by atoms with Crippen LogP contribution < -0.4 is 16.0 Å². The number of piperidine rings is 1. The van der Waals surface area contributed by atoms with E-state index in [9.17, 15) is 19.2 Å². The second-order valence-corrected chi connectivity index (χ2v) is 11.6. The molecule has 1 fully saturated rings. The van der Waals surface area contributed by atoms with Crippen molar-refractivity contribution in [1.29, 1.82) is 0 Å². The molecule has 3 aromatic carbocycles. The van der Waals surface area contributed by atoms with Crippen molar-refractivity contribution in [3.8, 4) is 11.1 Å². The Hall–Kier alpha value is -4.50. The van der Waals surface area contributed by atoms with Gasteiger partial charge in [-0.15, -0.1) is 0 Å². The molecule has 0 atom stereocenters. The summed E-state index contributed by atoms with van der Waals surface area (Å²) in [5.74, 6) is -0.0317. The first kappa shape index (κ1) is 33.4. The summed E-state index contributed by atoms with van der Waals surface area (Å²) in [7, 11) is 0. The highest BCUT2D eigenvalue weighted by Crippen LogP contribution is 2.28. The number of hydrogen-bond donors (Lipinski definition) is 3. The molecule has 1 heterocycles. The molecular formula is C36H44N4O5. The fourth-order valence-corrected chi connectivity index (χ4v) is 5.48. The predicted octanol–water partition coefficient (Wildman–Crippen LogP) is 6.50. The predicted molar refractivity (Wildman–Crippen MR) is 177 cm³/mol. The van der Waals surface area contributed by atoms with Crippen LogP contribution in [0, 0.1) is 13.8 Å². The van der Waals surface area contributed by atoms with Gasteiger partial charge in [0.25, 0.3) is 0 Å². The van der Waals surface area contributed by atoms with Gasteiger partial charge < -0.3 is 20.3 Å². The van der Waals surface area contributed by atoms with Crippen molar-refractivity contribution >= 4 is 35.6 Å². The van der Waals surface area contributed by atoms with E-state index < -0.39 is 6.09 Å². The summed E-state index contributed by atoms with van der Waals surface area (Å²) in [6.45, 7) is 6.52. The molecule has 3 aromatic rings. The van der Waals surface area contributed by atoms with E-state index in [2.05, 4.69) is 20.9 Å². The van der Waals surface area contributed by atoms with Gasteiger partial charge in [0.2, 0.25) is 11.8 Å². The lowest BCUT2D eigenvalue weighted by molar-refractivity contribution is -0.121. The number of aldehydes is 1. The standard InChI is InChI=1S/C36H44N4O5/c1-26-24-33(27(2)23-29(26)25-41)38-35(43)15-7-4-10-19-37-34(42)18-22-40-20-16-30(17-21-40)45-36(44)39-32-14-9-8-13-31(32)28-11-5-3-6-12-28/h3,5-6,8-9,11-14,23-25,30H,4,7,10,15-22H2,1-2H3,(H,37,42)(H,38,43)(H,39,44). The summed E-state index contributed by atoms with van der Waals surface area (Å²) < 4.78 is 5.72. The molecule has 3 amide bonds. The van der Waals surface area contributed by atoms with Crippen LogP contribution in [0.15, 0.2) is 66.7 Å². The van der Waals surface area contributed by atoms with E-state index in [0.717, 1.165) is 79.4 Å². The molecule has 0 aromatic heterocycles. The van der Waals surface area contributed by atoms with Crippen LogP contribution in [0.1, 0.15) is 66.4 Å². The van der Waals surface area contributed by atoms with E-state index in [1.54, 1.807) is 6.07 Å². The minimum absolute atomic E-state index is 0.0205. The van der Waals surface area contributed by atoms with Gasteiger partial charge in [-0.1, -0.05) is 55.0 Å². The van der Waals surface area contributed by atoms with Gasteiger partial charge in [-0.25, -0.2) is 4.79 Å². The molecule has 1 aliphatic heterocycles. The molecule has 0 aliphatic carbocycles. The van der Waals surface area contributed by atoms with Crippen molar-refractivity contribution in [1.82, 2.24) is 10.2 Å². The highest BCUT2D eigenvalue weighted by Gasteiger charge is 2.23. The number of carbonyl (C=O) groups is 4. The topological polar surface area (TPSA) is 117 Å². The van der Waals surface area contributed by atoms with Crippen molar-refractivity contribution in [2.24, 2.45) is 0 Å². The lowest BCUT2D eigenvalue weighted by atomic mass is 10.0. The molecule has 45 heavy (non-hydrogen) atoms. The lowest BCUT2D eigenvalue weighted by Crippen LogP contribution is -2.40. The number of carbonyl (C=O) groups excluding carboxylic acids is 4. The summed E-state index contributed by atoms with van der Waals surface area (Å²) in [6, 6.07) is 21.2. The van der Waals surface area contributed by atoms with E-state index in [-0.39, 0.29) is 17.9 Å². The van der Waals surface area contributed by atoms with Crippen LogP contribution in [0.3, 0.4) is 0 Å². The number of anilines is 2. The first-order valence-electron chi connectivity index (χ1n) is 15.8. The fraction of sp³-hybridized carbons (Fsp3) is 0.389. The minimum atomic E-state index is -0.451. The van der Waals surface area contributed by atoms with Crippen LogP contribution >= 0.6 is 0 Å². The molecule has 0 bridgehead atoms. The zero-order valence-corrected chi connectivity index (χ0v) is 26.3. The summed E-state index contributed by atoms with van der Waals surface area (Å²) in [5.41, 5.74) is 5.74. The van der Waals surface area contributed by atoms with E-state index >= 15 is 0 Å². The van der Waals surface area contributed by atoms with Gasteiger partial charge in [0.15, 0.2) is 0 Å². The van der Waals surface area contributed by atoms with Gasteiger partial charge in [0.05, 0.1) is 5.69 Å². The number of rotatable bonds is 14. The zero-order chi connectivity index (χ0) is 32.0. The number of aryl methyl sites for hydroxylation is 2. The molecule has 1 aliphatic rings. The van der Waals surface area contributed by atoms with Crippen LogP contribution in [0.2, 0.25) is 0 Å². The number of nitrogens with one attached hydrogen (secondary N) is 3. The summed E-state index contributed by atoms with van der Waals surface area (Å²) in [4.78, 5) is 50.6. The Morgan fingerprint density at radius 1 is 0.822 bits per heavy atom. The number of unbranched alkanes of at least 4 members (excludes halogenated alkanes) is 2. The molecule has 9 nitrogen and oxygen atoms in total. The first-order valence-corrected chi connectivity index (χ1v) is 15.8. The summed E-state index contributed by atoms with van der Waals surface area (Å²) in [5, 5.41) is 8.81. The van der Waals surface area contributed by atoms with Crippen LogP contribution in [0.5, 0.6) is 0 Å². The van der Waals surface area contributed by atoms with E-state index in [1.807, 2.05) is 74.5 Å². The van der Waals surface area contributed by atoms with Gasteiger partial charge >= 0.3 is 6.09 Å². The Morgan fingerprint density at radius 2 is 1.56 bits per heavy atom. The van der Waals surface area contributed by atoms with Crippen LogP contribution in [-0.4, -0.2) is 61.4 Å². The molecule has 9 heteroatoms. The SMILES string of the molecule is Cc1cc(NC(=O)CCCCCNC(=O)CCN2CCC(OC(=O)Nc3ccccc3-c3ccccc3)CC2)c(C)cc1C=O. The Bertz CT molecular complexity index is 1450. The maximum absolute atomic E-state index is 12.6. The number of nitrogens with zero attached hydrogens (tertiary/aromatic N) is 1. The molecule has 238 valence electrons. The monoisotopic (exact) mass is 612 g/mol. The van der Waals surface area contributed by atoms with Gasteiger partial charge in [0.1, 0.15) is 12.4 Å². The van der Waals surface area contributed by atoms with Crippen molar-refractivity contribution in [3.63, 3.8) is 0 Å². The van der Waals surface area contributed by atoms with E-state index in [0.29, 0.717) is 37.2 Å². The second-order valence-electron chi connectivity index (χ2n) is 11.6. The number of benzene rings is 3. The molecule has 0 saturated carbocycles. The average Bonchev–Trinajstić information content (AvgIpc) is 3.04. The summed E-state index contributed by atoms with van der Waals surface area (Å²) >= 11 is 0. The van der Waals surface area contributed by atoms with Crippen LogP contribution in [-0.2, 0) is 14.3 Å². The van der Waals surface area contributed by atoms with Gasteiger partial charge in [-0.3, -0.25) is 19.7 Å². The molecule has 0 unspecified atom stereocenters. The number of ether oxygens (including phenoxy) is 1. The van der Waals surface area contributed by atoms with Crippen molar-refractivity contribution in [2.45, 2.75) is 64.9 Å². The molecule has 4 rings (SSSR count). The number of para-hydroxylation sites is 1. The number of amides is 3. The third kappa shape index (κ3) is 10.6. The minimum Gasteiger partial charge on any atom is -0.446 e. The van der Waals surface area contributed by atoms with Gasteiger partial charge in [-0.2, -0.15) is 0 Å². The fourth-order valence-electron chi connectivity index (χ4n) is 5.48. The average molecular weight is 613 g/mol. The van der Waals surface area contributed by atoms with Crippen molar-refractivity contribution < 1.29 is 23.9 Å². The summed E-state index contributed by atoms with van der Waals surface area (Å²) in [6.07, 6.45) is 4.89. The Labute approximate surface area is 265 Å². The number of hydrogen-bond acceptors (Lipinski definition) is 6. The smallest absolute Gasteiger partial charge is 0.411 e. The van der Waals surface area contributed by atoms with Gasteiger partial charge in [0, 0.05) is 55.8 Å². The maximum Gasteiger partial charge on any atom is 0.411 e. The van der Waals surface area contributed by atoms with Crippen LogP contribution in [0.4, 0.5) is 16.2 Å². The largest absolute Gasteiger partial charge is 0.446 e. The quantitative estimate of drug-likeness (QED) is 0.141. The van der Waals surface area contributed by atoms with E-state index in [4.69, 9.17) is 4.74 Å². The Balaban J connectivity index is 1.05. The Kier molecular flexibility index (Phi) is 12.7. The molecule has 0 spiro atoms. The van der Waals surface area contributed by atoms with Gasteiger partial charge in [-0.05, 0) is 74.4 Å². The van der Waals surface area contributed by atoms with Crippen LogP contribution in [0.25, 0.3) is 11.1 Å². The normalized spacial score (nSPS) is 13.6. The Morgan fingerprint density at radius 3 is 2.31 bits per heavy atom. The first-order chi connectivity index (χ1) is 21.8. The molecular weight excluding hydrogens is 568 g/mol. The maximum atomic E-state index is 12.6. The molecule has 1 saturated heterocycles. The lowest BCUT2D eigenvalue weighted by Gasteiger charge is -2.31. The van der Waals surface area contributed by atoms with Crippen molar-refractivity contribution in [2.75, 3.05) is 36.8 Å². The molecule has 0 radical (unpaired) electrons. The zero-order valence-electron chi connectivity index (χ0n) is 26.3. The third-order valence-electron chi connectivity index (χ3n) is 8.13. The molecule has 3 N–H and O–H groups in total. The van der Waals surface area contributed by atoms with E-state index in [1.165, 1.54) is 0 Å². The highest BCUT2D eigenvalue weighted by atomic mass is 16.6. The van der Waals surface area contributed by atoms with Crippen molar-refractivity contribution in [3.05, 3.63) is 83.4 Å². The third-order valence-corrected chi connectivity index (χ3v) is 8.13. The second kappa shape index (κ2) is 17.1. The number of likely N-dealkylation sites (tertiary alicyclic amines) is 1. The highest BCUT2D eigenvalue weighted by molar-refractivity contribution is 5.93.